The number of hydrogen-bond acceptors (Lipinski definition) is 2. The summed E-state index contributed by atoms with van der Waals surface area (Å²) in [7, 11) is 3.65. The molecule has 0 radical (unpaired) electrons. The summed E-state index contributed by atoms with van der Waals surface area (Å²) in [5, 5.41) is 0. The van der Waals surface area contributed by atoms with E-state index in [9.17, 15) is 4.79 Å². The monoisotopic (exact) mass is 438 g/mol. The Kier molecular flexibility index (Phi) is 6.74. The van der Waals surface area contributed by atoms with E-state index in [1.807, 2.05) is 7.05 Å². The molecule has 1 saturated heterocycles. The number of hydrogen-bond donors (Lipinski definition) is 0. The summed E-state index contributed by atoms with van der Waals surface area (Å²) < 4.78 is 5.19. The molecule has 0 spiro atoms. The van der Waals surface area contributed by atoms with Crippen molar-refractivity contribution in [1.29, 1.82) is 0 Å². The van der Waals surface area contributed by atoms with Gasteiger partial charge in [-0.05, 0) is 61.2 Å². The van der Waals surface area contributed by atoms with Gasteiger partial charge in [-0.1, -0.05) is 65.7 Å². The summed E-state index contributed by atoms with van der Waals surface area (Å²) in [5.74, 6) is 1.29. The van der Waals surface area contributed by atoms with E-state index >= 15 is 0 Å². The number of carbonyl (C=O) groups is 1. The van der Waals surface area contributed by atoms with Gasteiger partial charge in [0.2, 0.25) is 0 Å². The number of nitrogens with zero attached hydrogens (tertiary/aromatic N) is 2. The molecule has 168 valence electrons. The zero-order valence-electron chi connectivity index (χ0n) is 19.7. The average Bonchev–Trinajstić information content (AvgIpc) is 3.10. The fraction of sp³-hybridized carbons (Fsp3) is 0.241. The standard InChI is InChI=1S/C29H30N2O2/c1-20-5-9-22(10-6-20)17-25-19-28(30-29(32)24-13-15-26(33-4)16-14-24)31(3)27(25)18-23-11-7-21(2)8-12-23/h5-17,27H,18-19H2,1-4H3/b25-17+,30-28?. The number of amidine groups is 1. The van der Waals surface area contributed by atoms with Gasteiger partial charge in [-0.3, -0.25) is 4.79 Å². The topological polar surface area (TPSA) is 41.9 Å². The lowest BCUT2D eigenvalue weighted by Gasteiger charge is -2.23. The molecule has 0 aromatic heterocycles. The summed E-state index contributed by atoms with van der Waals surface area (Å²) in [6.07, 6.45) is 3.77. The Morgan fingerprint density at radius 3 is 2.18 bits per heavy atom. The van der Waals surface area contributed by atoms with Crippen LogP contribution in [0.5, 0.6) is 5.75 Å². The highest BCUT2D eigenvalue weighted by Crippen LogP contribution is 2.30. The number of amides is 1. The zero-order chi connectivity index (χ0) is 23.4. The Morgan fingerprint density at radius 2 is 1.58 bits per heavy atom. The number of carbonyl (C=O) groups excluding carboxylic acids is 1. The molecule has 0 aliphatic carbocycles. The van der Waals surface area contributed by atoms with Crippen LogP contribution >= 0.6 is 0 Å². The maximum atomic E-state index is 12.9. The quantitative estimate of drug-likeness (QED) is 0.499. The van der Waals surface area contributed by atoms with Gasteiger partial charge in [0.1, 0.15) is 11.6 Å². The van der Waals surface area contributed by atoms with Crippen LogP contribution in [0, 0.1) is 13.8 Å². The minimum absolute atomic E-state index is 0.149. The zero-order valence-corrected chi connectivity index (χ0v) is 19.7. The van der Waals surface area contributed by atoms with Crippen molar-refractivity contribution in [2.24, 2.45) is 4.99 Å². The molecule has 1 aliphatic heterocycles. The first-order valence-electron chi connectivity index (χ1n) is 11.2. The molecule has 1 atom stereocenters. The molecule has 3 aromatic carbocycles. The molecular weight excluding hydrogens is 408 g/mol. The summed E-state index contributed by atoms with van der Waals surface area (Å²) in [6, 6.07) is 24.4. The molecule has 1 aliphatic rings. The number of methoxy groups -OCH3 is 1. The van der Waals surface area contributed by atoms with Crippen LogP contribution in [0.2, 0.25) is 0 Å². The minimum Gasteiger partial charge on any atom is -0.497 e. The van der Waals surface area contributed by atoms with Gasteiger partial charge in [0.25, 0.3) is 5.91 Å². The first kappa shape index (κ1) is 22.5. The number of benzene rings is 3. The van der Waals surface area contributed by atoms with E-state index in [4.69, 9.17) is 4.74 Å². The summed E-state index contributed by atoms with van der Waals surface area (Å²) in [5.41, 5.74) is 6.76. The van der Waals surface area contributed by atoms with E-state index in [1.54, 1.807) is 31.4 Å². The van der Waals surface area contributed by atoms with E-state index in [0.717, 1.165) is 18.0 Å². The SMILES string of the molecule is COc1ccc(C(=O)N=C2C/C(=C\c3ccc(C)cc3)C(Cc3ccc(C)cc3)N2C)cc1. The van der Waals surface area contributed by atoms with E-state index in [0.29, 0.717) is 12.0 Å². The van der Waals surface area contributed by atoms with Crippen LogP contribution in [-0.4, -0.2) is 36.8 Å². The number of rotatable bonds is 5. The summed E-state index contributed by atoms with van der Waals surface area (Å²) in [6.45, 7) is 4.19. The van der Waals surface area contributed by atoms with Crippen molar-refractivity contribution in [3.8, 4) is 5.75 Å². The molecule has 1 amide bonds. The third kappa shape index (κ3) is 5.40. The molecule has 4 heteroatoms. The first-order valence-corrected chi connectivity index (χ1v) is 11.2. The summed E-state index contributed by atoms with van der Waals surface area (Å²) >= 11 is 0. The highest BCUT2D eigenvalue weighted by atomic mass is 16.5. The van der Waals surface area contributed by atoms with E-state index < -0.39 is 0 Å². The van der Waals surface area contributed by atoms with Crippen molar-refractivity contribution >= 4 is 17.8 Å². The maximum Gasteiger partial charge on any atom is 0.278 e. The molecule has 1 fully saturated rings. The molecule has 4 rings (SSSR count). The van der Waals surface area contributed by atoms with Gasteiger partial charge in [-0.15, -0.1) is 0 Å². The first-order chi connectivity index (χ1) is 15.9. The molecule has 4 nitrogen and oxygen atoms in total. The van der Waals surface area contributed by atoms with Crippen molar-refractivity contribution in [3.63, 3.8) is 0 Å². The van der Waals surface area contributed by atoms with Gasteiger partial charge < -0.3 is 9.64 Å². The average molecular weight is 439 g/mol. The van der Waals surface area contributed by atoms with Crippen LogP contribution in [0.15, 0.2) is 83.4 Å². The van der Waals surface area contributed by atoms with Crippen LogP contribution in [0.3, 0.4) is 0 Å². The number of likely N-dealkylation sites (tertiary alicyclic amines) is 1. The molecular formula is C29H30N2O2. The molecule has 33 heavy (non-hydrogen) atoms. The van der Waals surface area contributed by atoms with Crippen LogP contribution in [0.25, 0.3) is 6.08 Å². The predicted molar refractivity (Wildman–Crippen MR) is 135 cm³/mol. The predicted octanol–water partition coefficient (Wildman–Crippen LogP) is 5.88. The Morgan fingerprint density at radius 1 is 0.970 bits per heavy atom. The number of likely N-dealkylation sites (N-methyl/N-ethyl adjacent to an activating group) is 1. The number of aryl methyl sites for hydroxylation is 2. The van der Waals surface area contributed by atoms with Crippen LogP contribution in [0.1, 0.15) is 39.0 Å². The third-order valence-corrected chi connectivity index (χ3v) is 6.21. The number of ether oxygens (including phenoxy) is 1. The van der Waals surface area contributed by atoms with Crippen molar-refractivity contribution < 1.29 is 9.53 Å². The largest absolute Gasteiger partial charge is 0.497 e. The van der Waals surface area contributed by atoms with Gasteiger partial charge in [-0.25, -0.2) is 0 Å². The Labute approximate surface area is 196 Å². The number of aliphatic imine (C=N–C) groups is 1. The van der Waals surface area contributed by atoms with Gasteiger partial charge in [0.05, 0.1) is 13.2 Å². The van der Waals surface area contributed by atoms with Crippen LogP contribution in [0.4, 0.5) is 0 Å². The molecule has 0 bridgehead atoms. The molecule has 0 saturated carbocycles. The van der Waals surface area contributed by atoms with Crippen LogP contribution < -0.4 is 4.74 Å². The second kappa shape index (κ2) is 9.86. The highest BCUT2D eigenvalue weighted by molar-refractivity contribution is 6.05. The molecule has 3 aromatic rings. The maximum absolute atomic E-state index is 12.9. The summed E-state index contributed by atoms with van der Waals surface area (Å²) in [4.78, 5) is 19.5. The lowest BCUT2D eigenvalue weighted by molar-refractivity contribution is 0.100. The second-order valence-electron chi connectivity index (χ2n) is 8.68. The Hall–Kier alpha value is -3.66. The van der Waals surface area contributed by atoms with E-state index in [2.05, 4.69) is 78.3 Å². The second-order valence-corrected chi connectivity index (χ2v) is 8.68. The fourth-order valence-electron chi connectivity index (χ4n) is 4.13. The van der Waals surface area contributed by atoms with Gasteiger partial charge in [-0.2, -0.15) is 4.99 Å². The van der Waals surface area contributed by atoms with E-state index in [1.165, 1.54) is 27.8 Å². The Bertz CT molecular complexity index is 1170. The van der Waals surface area contributed by atoms with Gasteiger partial charge in [0.15, 0.2) is 0 Å². The molecule has 1 unspecified atom stereocenters. The highest BCUT2D eigenvalue weighted by Gasteiger charge is 2.31. The fourth-order valence-corrected chi connectivity index (χ4v) is 4.13. The van der Waals surface area contributed by atoms with Crippen molar-refractivity contribution in [2.45, 2.75) is 32.7 Å². The molecule has 1 heterocycles. The third-order valence-electron chi connectivity index (χ3n) is 6.21. The Balaban J connectivity index is 1.64. The normalized spacial score (nSPS) is 18.2. The molecule has 0 N–H and O–H groups in total. The minimum atomic E-state index is -0.231. The smallest absolute Gasteiger partial charge is 0.278 e. The lowest BCUT2D eigenvalue weighted by Crippen LogP contribution is -2.31. The van der Waals surface area contributed by atoms with Gasteiger partial charge >= 0.3 is 0 Å². The van der Waals surface area contributed by atoms with Crippen LogP contribution in [-0.2, 0) is 6.42 Å². The van der Waals surface area contributed by atoms with E-state index in [-0.39, 0.29) is 11.9 Å². The lowest BCUT2D eigenvalue weighted by atomic mass is 9.97. The van der Waals surface area contributed by atoms with Gasteiger partial charge in [0, 0.05) is 19.0 Å². The van der Waals surface area contributed by atoms with Crippen molar-refractivity contribution in [3.05, 3.63) is 106 Å². The van der Waals surface area contributed by atoms with Crippen molar-refractivity contribution in [2.75, 3.05) is 14.2 Å². The van der Waals surface area contributed by atoms with Crippen molar-refractivity contribution in [1.82, 2.24) is 4.90 Å².